The van der Waals surface area contributed by atoms with E-state index in [-0.39, 0.29) is 17.3 Å². The van der Waals surface area contributed by atoms with E-state index in [1.165, 1.54) is 12.1 Å². The highest BCUT2D eigenvalue weighted by Gasteiger charge is 2.16. The van der Waals surface area contributed by atoms with E-state index < -0.39 is 11.9 Å². The van der Waals surface area contributed by atoms with Gasteiger partial charge in [-0.2, -0.15) is 0 Å². The fraction of sp³-hybridized carbons (Fsp3) is 0.286. The number of benzene rings is 1. The molecule has 7 nitrogen and oxygen atoms in total. The quantitative estimate of drug-likeness (QED) is 0.799. The normalized spacial score (nSPS) is 10.7. The maximum Gasteiger partial charge on any atom is 0.335 e. The van der Waals surface area contributed by atoms with E-state index in [1.54, 1.807) is 13.0 Å². The van der Waals surface area contributed by atoms with Crippen molar-refractivity contribution in [1.82, 2.24) is 15.2 Å². The second-order valence-electron chi connectivity index (χ2n) is 4.99. The summed E-state index contributed by atoms with van der Waals surface area (Å²) in [4.78, 5) is 27.1. The van der Waals surface area contributed by atoms with Crippen LogP contribution in [0.25, 0.3) is 0 Å². The van der Waals surface area contributed by atoms with Crippen molar-refractivity contribution in [2.45, 2.75) is 26.7 Å². The Morgan fingerprint density at radius 2 is 2.05 bits per heavy atom. The number of nitrogens with one attached hydrogen (secondary N) is 2. The van der Waals surface area contributed by atoms with Crippen LogP contribution in [-0.2, 0) is 0 Å². The Morgan fingerprint density at radius 1 is 1.33 bits per heavy atom. The Hall–Kier alpha value is -2.70. The summed E-state index contributed by atoms with van der Waals surface area (Å²) in [7, 11) is 0. The summed E-state index contributed by atoms with van der Waals surface area (Å²) in [5.74, 6) is -0.750. The van der Waals surface area contributed by atoms with Gasteiger partial charge in [0, 0.05) is 11.6 Å². The van der Waals surface area contributed by atoms with Crippen LogP contribution in [0, 0.1) is 6.92 Å². The summed E-state index contributed by atoms with van der Waals surface area (Å²) >= 11 is 0. The molecule has 110 valence electrons. The molecule has 0 saturated carbocycles. The number of aromatic carboxylic acids is 1. The van der Waals surface area contributed by atoms with Crippen molar-refractivity contribution in [3.05, 3.63) is 41.0 Å². The highest BCUT2D eigenvalue weighted by atomic mass is 16.4. The lowest BCUT2D eigenvalue weighted by atomic mass is 10.1. The molecule has 0 bridgehead atoms. The smallest absolute Gasteiger partial charge is 0.335 e. The molecule has 0 aliphatic carbocycles. The summed E-state index contributed by atoms with van der Waals surface area (Å²) in [6, 6.07) is 4.53. The fourth-order valence-electron chi connectivity index (χ4n) is 1.70. The molecule has 3 N–H and O–H groups in total. The first-order chi connectivity index (χ1) is 9.88. The van der Waals surface area contributed by atoms with Crippen LogP contribution in [0.2, 0.25) is 0 Å². The first-order valence-electron chi connectivity index (χ1n) is 6.46. The third kappa shape index (κ3) is 3.25. The van der Waals surface area contributed by atoms with Crippen LogP contribution in [0.5, 0.6) is 0 Å². The van der Waals surface area contributed by atoms with Crippen LogP contribution in [0.1, 0.15) is 52.1 Å². The number of aromatic nitrogens is 3. The van der Waals surface area contributed by atoms with Crippen LogP contribution < -0.4 is 5.32 Å². The number of carboxylic acid groups (broad SMARTS) is 1. The summed E-state index contributed by atoms with van der Waals surface area (Å²) in [5.41, 5.74) is 1.29. The lowest BCUT2D eigenvalue weighted by Crippen LogP contribution is -2.15. The number of hydrogen-bond acceptors (Lipinski definition) is 4. The van der Waals surface area contributed by atoms with Gasteiger partial charge in [0.25, 0.3) is 5.91 Å². The van der Waals surface area contributed by atoms with Crippen LogP contribution in [0.4, 0.5) is 5.69 Å². The third-order valence-electron chi connectivity index (χ3n) is 2.99. The van der Waals surface area contributed by atoms with Crippen molar-refractivity contribution in [3.8, 4) is 0 Å². The lowest BCUT2D eigenvalue weighted by Gasteiger charge is -2.07. The molecule has 0 saturated heterocycles. The lowest BCUT2D eigenvalue weighted by molar-refractivity contribution is 0.0696. The summed E-state index contributed by atoms with van der Waals surface area (Å²) in [5, 5.41) is 18.2. The number of H-pyrrole nitrogens is 1. The van der Waals surface area contributed by atoms with Crippen LogP contribution in [0.3, 0.4) is 0 Å². The average molecular weight is 288 g/mol. The first-order valence-corrected chi connectivity index (χ1v) is 6.46. The molecule has 0 aliphatic heterocycles. The molecule has 0 spiro atoms. The highest BCUT2D eigenvalue weighted by molar-refractivity contribution is 6.02. The largest absolute Gasteiger partial charge is 0.478 e. The van der Waals surface area contributed by atoms with Gasteiger partial charge in [0.1, 0.15) is 5.82 Å². The molecule has 0 fully saturated rings. The molecular formula is C14H16N4O3. The van der Waals surface area contributed by atoms with Gasteiger partial charge >= 0.3 is 5.97 Å². The number of carboxylic acids is 1. The van der Waals surface area contributed by atoms with Gasteiger partial charge in [-0.25, -0.2) is 9.78 Å². The van der Waals surface area contributed by atoms with Crippen molar-refractivity contribution >= 4 is 17.6 Å². The summed E-state index contributed by atoms with van der Waals surface area (Å²) in [6.07, 6.45) is 0. The molecule has 0 atom stereocenters. The zero-order chi connectivity index (χ0) is 15.6. The molecule has 0 unspecified atom stereocenters. The molecule has 7 heteroatoms. The number of carbonyl (C=O) groups excluding carboxylic acids is 1. The third-order valence-corrected chi connectivity index (χ3v) is 2.99. The first kappa shape index (κ1) is 14.7. The van der Waals surface area contributed by atoms with E-state index in [0.717, 1.165) is 5.56 Å². The topological polar surface area (TPSA) is 108 Å². The van der Waals surface area contributed by atoms with Crippen molar-refractivity contribution < 1.29 is 14.7 Å². The molecule has 1 aromatic carbocycles. The van der Waals surface area contributed by atoms with Crippen molar-refractivity contribution in [3.63, 3.8) is 0 Å². The zero-order valence-corrected chi connectivity index (χ0v) is 12.0. The Morgan fingerprint density at radius 3 is 2.62 bits per heavy atom. The number of hydrogen-bond donors (Lipinski definition) is 3. The summed E-state index contributed by atoms with van der Waals surface area (Å²) < 4.78 is 0. The number of anilines is 1. The van der Waals surface area contributed by atoms with Crippen molar-refractivity contribution in [2.75, 3.05) is 5.32 Å². The van der Waals surface area contributed by atoms with Gasteiger partial charge in [0.15, 0.2) is 0 Å². The van der Waals surface area contributed by atoms with E-state index in [9.17, 15) is 9.59 Å². The van der Waals surface area contributed by atoms with E-state index in [4.69, 9.17) is 5.11 Å². The molecule has 1 amide bonds. The number of aromatic amines is 1. The van der Waals surface area contributed by atoms with E-state index in [1.807, 2.05) is 13.8 Å². The van der Waals surface area contributed by atoms with Crippen LogP contribution >= 0.6 is 0 Å². The summed E-state index contributed by atoms with van der Waals surface area (Å²) in [6.45, 7) is 5.64. The molecule has 2 aromatic rings. The standard InChI is InChI=1S/C14H16N4O3/c1-7(2)11-16-12(18-17-11)13(19)15-10-6-9(14(20)21)5-4-8(10)3/h4-7H,1-3H3,(H,15,19)(H,20,21)(H,16,17,18). The SMILES string of the molecule is Cc1ccc(C(=O)O)cc1NC(=O)c1n[nH]c(C(C)C)n1. The number of rotatable bonds is 4. The van der Waals surface area contributed by atoms with E-state index in [0.29, 0.717) is 11.5 Å². The maximum atomic E-state index is 12.1. The molecular weight excluding hydrogens is 272 g/mol. The van der Waals surface area contributed by atoms with Crippen molar-refractivity contribution in [2.24, 2.45) is 0 Å². The predicted molar refractivity (Wildman–Crippen MR) is 76.6 cm³/mol. The number of carbonyl (C=O) groups is 2. The maximum absolute atomic E-state index is 12.1. The average Bonchev–Trinajstić information content (AvgIpc) is 2.90. The minimum atomic E-state index is -1.05. The van der Waals surface area contributed by atoms with Gasteiger partial charge in [0.2, 0.25) is 5.82 Å². The molecule has 1 aromatic heterocycles. The zero-order valence-electron chi connectivity index (χ0n) is 12.0. The van der Waals surface area contributed by atoms with Crippen LogP contribution in [0.15, 0.2) is 18.2 Å². The van der Waals surface area contributed by atoms with Crippen LogP contribution in [-0.4, -0.2) is 32.2 Å². The van der Waals surface area contributed by atoms with Gasteiger partial charge in [-0.1, -0.05) is 19.9 Å². The molecule has 21 heavy (non-hydrogen) atoms. The van der Waals surface area contributed by atoms with Gasteiger partial charge in [-0.3, -0.25) is 9.89 Å². The minimum Gasteiger partial charge on any atom is -0.478 e. The van der Waals surface area contributed by atoms with Crippen molar-refractivity contribution in [1.29, 1.82) is 0 Å². The molecule has 0 radical (unpaired) electrons. The highest BCUT2D eigenvalue weighted by Crippen LogP contribution is 2.18. The monoisotopic (exact) mass is 288 g/mol. The van der Waals surface area contributed by atoms with Gasteiger partial charge in [0.05, 0.1) is 5.56 Å². The van der Waals surface area contributed by atoms with Gasteiger partial charge < -0.3 is 10.4 Å². The van der Waals surface area contributed by atoms with E-state index in [2.05, 4.69) is 20.5 Å². The van der Waals surface area contributed by atoms with E-state index >= 15 is 0 Å². The molecule has 1 heterocycles. The Balaban J connectivity index is 2.22. The number of amides is 1. The second kappa shape index (κ2) is 5.74. The van der Waals surface area contributed by atoms with Gasteiger partial charge in [-0.15, -0.1) is 5.10 Å². The Labute approximate surface area is 121 Å². The Bertz CT molecular complexity index is 691. The molecule has 0 aliphatic rings. The predicted octanol–water partition coefficient (Wildman–Crippen LogP) is 2.19. The fourth-order valence-corrected chi connectivity index (χ4v) is 1.70. The minimum absolute atomic E-state index is 0.0267. The number of nitrogens with zero attached hydrogens (tertiary/aromatic N) is 2. The molecule has 2 rings (SSSR count). The number of aryl methyl sites for hydroxylation is 1. The second-order valence-corrected chi connectivity index (χ2v) is 4.99. The Kier molecular flexibility index (Phi) is 4.02. The van der Waals surface area contributed by atoms with Gasteiger partial charge in [-0.05, 0) is 24.6 Å².